The molecule has 3 fully saturated rings. The van der Waals surface area contributed by atoms with Crippen LogP contribution in [0.1, 0.15) is 84.6 Å². The smallest absolute Gasteiger partial charge is 0.321 e. The van der Waals surface area contributed by atoms with E-state index in [1.165, 1.54) is 4.90 Å². The zero-order valence-electron chi connectivity index (χ0n) is 36.5. The van der Waals surface area contributed by atoms with Crippen LogP contribution in [-0.2, 0) is 9.53 Å². The first kappa shape index (κ1) is 44.9. The topological polar surface area (TPSA) is 202 Å². The number of hydrogen-bond donors (Lipinski definition) is 5. The summed E-state index contributed by atoms with van der Waals surface area (Å²) in [7, 11) is 1.56. The average Bonchev–Trinajstić information content (AvgIpc) is 3.43. The van der Waals surface area contributed by atoms with E-state index in [0.717, 1.165) is 60.8 Å². The molecule has 63 heavy (non-hydrogen) atoms. The number of piperidine rings is 1. The predicted molar refractivity (Wildman–Crippen MR) is 242 cm³/mol. The van der Waals surface area contributed by atoms with Crippen molar-refractivity contribution < 1.29 is 28.6 Å². The molecule has 8 N–H and O–H groups in total. The number of amides is 3. The van der Waals surface area contributed by atoms with E-state index in [1.807, 2.05) is 36.9 Å². The molecular formula is C47H61FN10O5. The van der Waals surface area contributed by atoms with E-state index in [4.69, 9.17) is 26.9 Å². The first-order valence-corrected chi connectivity index (χ1v) is 21.9. The van der Waals surface area contributed by atoms with Gasteiger partial charge >= 0.3 is 6.03 Å². The molecule has 4 aromatic rings. The molecule has 3 aliphatic rings. The van der Waals surface area contributed by atoms with E-state index in [0.29, 0.717) is 60.9 Å². The second kappa shape index (κ2) is 19.5. The SMILES string of the molecule is CNC(=O)N(CCC=O)c1cnc2c(c1)c(C)cn2C1CCCN(CC2(F)CCN(C(=O)c3ccc(C4CN(C(/C=C(\N)c5ccccc5O)=C(N)N)CC(C)O4)cc3)CC2)CC1. The van der Waals surface area contributed by atoms with Gasteiger partial charge in [-0.2, -0.15) is 0 Å². The molecule has 0 saturated carbocycles. The lowest BCUT2D eigenvalue weighted by Crippen LogP contribution is -2.50. The minimum Gasteiger partial charge on any atom is -0.507 e. The summed E-state index contributed by atoms with van der Waals surface area (Å²) in [5.74, 6) is 0.0231. The lowest BCUT2D eigenvalue weighted by atomic mass is 9.92. The molecule has 5 heterocycles. The molecular weight excluding hydrogens is 804 g/mol. The number of nitrogens with zero attached hydrogens (tertiary/aromatic N) is 6. The van der Waals surface area contributed by atoms with E-state index >= 15 is 4.39 Å². The second-order valence-corrected chi connectivity index (χ2v) is 17.2. The van der Waals surface area contributed by atoms with Crippen molar-refractivity contribution in [2.24, 2.45) is 17.2 Å². The van der Waals surface area contributed by atoms with E-state index in [1.54, 1.807) is 60.6 Å². The van der Waals surface area contributed by atoms with Gasteiger partial charge in [-0.3, -0.25) is 9.69 Å². The molecule has 3 unspecified atom stereocenters. The zero-order chi connectivity index (χ0) is 44.8. The summed E-state index contributed by atoms with van der Waals surface area (Å²) in [6, 6.07) is 16.1. The van der Waals surface area contributed by atoms with Crippen LogP contribution in [0.4, 0.5) is 14.9 Å². The molecule has 3 aliphatic heterocycles. The molecule has 3 amide bonds. The molecule has 0 radical (unpaired) electrons. The summed E-state index contributed by atoms with van der Waals surface area (Å²) in [6.45, 7) is 7.78. The van der Waals surface area contributed by atoms with E-state index in [9.17, 15) is 19.5 Å². The number of hydrogen-bond acceptors (Lipinski definition) is 11. The number of allylic oxidation sites excluding steroid dienone is 1. The van der Waals surface area contributed by atoms with Crippen LogP contribution in [0.2, 0.25) is 0 Å². The van der Waals surface area contributed by atoms with Gasteiger partial charge in [0.25, 0.3) is 5.91 Å². The summed E-state index contributed by atoms with van der Waals surface area (Å²) < 4.78 is 25.1. The Labute approximate surface area is 368 Å². The number of anilines is 1. The largest absolute Gasteiger partial charge is 0.507 e. The maximum atomic E-state index is 16.5. The van der Waals surface area contributed by atoms with Crippen molar-refractivity contribution in [3.8, 4) is 5.75 Å². The van der Waals surface area contributed by atoms with Gasteiger partial charge in [-0.15, -0.1) is 0 Å². The van der Waals surface area contributed by atoms with E-state index in [2.05, 4.69) is 21.0 Å². The molecule has 0 bridgehead atoms. The number of fused-ring (bicyclic) bond motifs is 1. The first-order chi connectivity index (χ1) is 30.3. The van der Waals surface area contributed by atoms with Gasteiger partial charge < -0.3 is 56.4 Å². The van der Waals surface area contributed by atoms with E-state index < -0.39 is 5.67 Å². The third-order valence-corrected chi connectivity index (χ3v) is 12.7. The van der Waals surface area contributed by atoms with Crippen LogP contribution in [0.15, 0.2) is 84.6 Å². The predicted octanol–water partition coefficient (Wildman–Crippen LogP) is 5.30. The molecule has 7 rings (SSSR count). The van der Waals surface area contributed by atoms with Crippen molar-refractivity contribution in [2.45, 2.75) is 76.3 Å². The zero-order valence-corrected chi connectivity index (χ0v) is 36.5. The van der Waals surface area contributed by atoms with Gasteiger partial charge in [-0.25, -0.2) is 14.2 Å². The third kappa shape index (κ3) is 10.2. The lowest BCUT2D eigenvalue weighted by molar-refractivity contribution is -0.107. The second-order valence-electron chi connectivity index (χ2n) is 17.2. The highest BCUT2D eigenvalue weighted by atomic mass is 19.1. The number of likely N-dealkylation sites (tertiary alicyclic amines) is 2. The Kier molecular flexibility index (Phi) is 13.9. The molecule has 3 atom stereocenters. The quantitative estimate of drug-likeness (QED) is 0.0914. The maximum Gasteiger partial charge on any atom is 0.321 e. The number of ether oxygens (including phenoxy) is 1. The van der Waals surface area contributed by atoms with Crippen molar-refractivity contribution in [1.82, 2.24) is 29.6 Å². The minimum absolute atomic E-state index is 0.0526. The molecule has 0 spiro atoms. The number of para-hydroxylation sites is 1. The number of benzene rings is 2. The van der Waals surface area contributed by atoms with Gasteiger partial charge in [0.1, 0.15) is 35.3 Å². The Bertz CT molecular complexity index is 2340. The number of aromatic hydroxyl groups is 1. The Balaban J connectivity index is 0.929. The number of rotatable bonds is 12. The normalized spacial score (nSPS) is 20.8. The van der Waals surface area contributed by atoms with Crippen LogP contribution in [0.5, 0.6) is 5.75 Å². The average molecular weight is 865 g/mol. The number of aryl methyl sites for hydroxylation is 1. The highest BCUT2D eigenvalue weighted by Gasteiger charge is 2.38. The third-order valence-electron chi connectivity index (χ3n) is 12.7. The number of nitrogens with one attached hydrogen (secondary N) is 1. The molecule has 3 saturated heterocycles. The summed E-state index contributed by atoms with van der Waals surface area (Å²) in [5, 5.41) is 13.9. The number of carbonyl (C=O) groups is 3. The Hall–Kier alpha value is -6.13. The number of phenols is 1. The Morgan fingerprint density at radius 1 is 1.03 bits per heavy atom. The number of alkyl halides is 1. The summed E-state index contributed by atoms with van der Waals surface area (Å²) >= 11 is 0. The van der Waals surface area contributed by atoms with Crippen molar-refractivity contribution in [3.05, 3.63) is 107 Å². The minimum atomic E-state index is -1.39. The Morgan fingerprint density at radius 2 is 1.78 bits per heavy atom. The summed E-state index contributed by atoms with van der Waals surface area (Å²) in [4.78, 5) is 49.7. The van der Waals surface area contributed by atoms with Crippen LogP contribution in [0.25, 0.3) is 16.7 Å². The van der Waals surface area contributed by atoms with Gasteiger partial charge in [0.2, 0.25) is 0 Å². The van der Waals surface area contributed by atoms with Crippen molar-refractivity contribution in [2.75, 3.05) is 64.3 Å². The Morgan fingerprint density at radius 3 is 2.48 bits per heavy atom. The fourth-order valence-electron chi connectivity index (χ4n) is 9.27. The van der Waals surface area contributed by atoms with Gasteiger partial charge in [-0.1, -0.05) is 24.3 Å². The van der Waals surface area contributed by atoms with E-state index in [-0.39, 0.29) is 67.6 Å². The highest BCUT2D eigenvalue weighted by molar-refractivity contribution is 5.95. The van der Waals surface area contributed by atoms with Crippen molar-refractivity contribution in [3.63, 3.8) is 0 Å². The van der Waals surface area contributed by atoms with Gasteiger partial charge in [-0.05, 0) is 87.2 Å². The van der Waals surface area contributed by atoms with Crippen LogP contribution in [-0.4, -0.2) is 119 Å². The number of phenolic OH excluding ortho intramolecular Hbond substituents is 1. The molecule has 0 aliphatic carbocycles. The van der Waals surface area contributed by atoms with Gasteiger partial charge in [0, 0.05) is 107 Å². The van der Waals surface area contributed by atoms with Gasteiger partial charge in [0.05, 0.1) is 23.7 Å². The fraction of sp³-hybridized carbons (Fsp3) is 0.447. The maximum absolute atomic E-state index is 16.5. The van der Waals surface area contributed by atoms with Crippen LogP contribution in [0.3, 0.4) is 0 Å². The van der Waals surface area contributed by atoms with Crippen molar-refractivity contribution >= 4 is 40.6 Å². The summed E-state index contributed by atoms with van der Waals surface area (Å²) in [6.07, 6.45) is 9.24. The molecule has 16 heteroatoms. The van der Waals surface area contributed by atoms with Crippen LogP contribution >= 0.6 is 0 Å². The van der Waals surface area contributed by atoms with Gasteiger partial charge in [0.15, 0.2) is 0 Å². The van der Waals surface area contributed by atoms with Crippen molar-refractivity contribution in [1.29, 1.82) is 0 Å². The number of morpholine rings is 1. The highest BCUT2D eigenvalue weighted by Crippen LogP contribution is 2.35. The number of nitrogens with two attached hydrogens (primary N) is 3. The monoisotopic (exact) mass is 864 g/mol. The number of aldehydes is 1. The lowest BCUT2D eigenvalue weighted by Gasteiger charge is -2.39. The number of urea groups is 1. The number of halogens is 1. The van der Waals surface area contributed by atoms with Crippen LogP contribution < -0.4 is 27.4 Å². The molecule has 2 aromatic carbocycles. The number of carbonyl (C=O) groups excluding carboxylic acids is 3. The molecule has 2 aromatic heterocycles. The fourth-order valence-corrected chi connectivity index (χ4v) is 9.27. The number of pyridine rings is 1. The molecule has 15 nitrogen and oxygen atoms in total. The van der Waals surface area contributed by atoms with Crippen LogP contribution in [0, 0.1) is 6.92 Å². The first-order valence-electron chi connectivity index (χ1n) is 21.9. The number of aromatic nitrogens is 2. The molecule has 336 valence electrons. The summed E-state index contributed by atoms with van der Waals surface area (Å²) in [5.41, 5.74) is 22.6. The standard InChI is InChI=1S/C47H61FN10O5/c1-31-27-58(44-38(31)24-36(26-53-44)57(19-7-23-59)46(62)52-3)35-8-6-18-54(20-15-35)30-47(48)16-21-55(22-17-47)45(61)34-13-11-33(12-14-34)42-29-56(28-32(2)63-42)40(43(50)51)25-39(49)37-9-4-5-10-41(37)60/h4-5,9-14,23-27,32,35,42,60H,6-8,15-22,28-30,49-51H2,1-3H3,(H,52,62)/b39-25-.